The summed E-state index contributed by atoms with van der Waals surface area (Å²) >= 11 is 7.54. The summed E-state index contributed by atoms with van der Waals surface area (Å²) in [6.07, 6.45) is 26.7. The molecule has 0 spiro atoms. The molecule has 0 aliphatic heterocycles. The normalized spacial score (nSPS) is 19.5. The van der Waals surface area contributed by atoms with Crippen LogP contribution in [0.3, 0.4) is 0 Å². The summed E-state index contributed by atoms with van der Waals surface area (Å²) in [5.74, 6) is 0.304. The van der Waals surface area contributed by atoms with Crippen LogP contribution in [0.1, 0.15) is 138 Å². The molecule has 0 amide bonds. The van der Waals surface area contributed by atoms with Crippen molar-refractivity contribution in [2.75, 3.05) is 0 Å². The Balaban J connectivity index is 1.40. The Morgan fingerprint density at radius 2 is 1.10 bits per heavy atom. The Labute approximate surface area is 319 Å². The lowest BCUT2D eigenvalue weighted by Gasteiger charge is -2.40. The molecule has 0 radical (unpaired) electrons. The first kappa shape index (κ1) is 35.7. The van der Waals surface area contributed by atoms with Gasteiger partial charge in [-0.05, 0) is 99.5 Å². The van der Waals surface area contributed by atoms with E-state index in [1.807, 2.05) is 0 Å². The third-order valence-electron chi connectivity index (χ3n) is 12.3. The van der Waals surface area contributed by atoms with Gasteiger partial charge in [-0.25, -0.2) is 0 Å². The van der Waals surface area contributed by atoms with Gasteiger partial charge in [0, 0.05) is 14.4 Å². The van der Waals surface area contributed by atoms with Crippen LogP contribution >= 0.6 is 31.9 Å². The number of hydrogen-bond donors (Lipinski definition) is 0. The number of rotatable bonds is 16. The molecule has 0 nitrogen and oxygen atoms in total. The average molecular weight is 791 g/mol. The maximum absolute atomic E-state index is 3.79. The van der Waals surface area contributed by atoms with Crippen LogP contribution in [-0.4, -0.2) is 0 Å². The van der Waals surface area contributed by atoms with Gasteiger partial charge < -0.3 is 0 Å². The predicted octanol–water partition coefficient (Wildman–Crippen LogP) is 15.4. The Morgan fingerprint density at radius 1 is 0.560 bits per heavy atom. The van der Waals surface area contributed by atoms with Crippen molar-refractivity contribution < 1.29 is 0 Å². The first-order valence-electron chi connectivity index (χ1n) is 19.7. The van der Waals surface area contributed by atoms with Crippen LogP contribution in [-0.2, 0) is 10.8 Å². The Bertz CT molecular complexity index is 1830. The third kappa shape index (κ3) is 6.47. The summed E-state index contributed by atoms with van der Waals surface area (Å²) in [7, 11) is 0. The van der Waals surface area contributed by atoms with E-state index in [2.05, 4.69) is 149 Å². The molecule has 2 atom stereocenters. The van der Waals surface area contributed by atoms with Crippen LogP contribution in [0.4, 0.5) is 0 Å². The van der Waals surface area contributed by atoms with Gasteiger partial charge in [0.1, 0.15) is 0 Å². The van der Waals surface area contributed by atoms with Crippen molar-refractivity contribution in [3.63, 3.8) is 0 Å². The van der Waals surface area contributed by atoms with Gasteiger partial charge in [-0.2, -0.15) is 0 Å². The SMILES string of the molecule is CCCCCCCCC1(CCCCCCCC)c2ccccc2-c2cc3c(cc21)-c1ccccc1C3(c1ccc(Br)cc1)C1C=CC(Br)=CC1. The Kier molecular flexibility index (Phi) is 11.4. The average Bonchev–Trinajstić information content (AvgIpc) is 3.58. The van der Waals surface area contributed by atoms with Crippen LogP contribution in [0.2, 0.25) is 0 Å². The fraction of sp³-hybridized carbons (Fsp3) is 0.417. The van der Waals surface area contributed by atoms with Gasteiger partial charge in [-0.1, -0.05) is 202 Å². The maximum Gasteiger partial charge on any atom is 0.0529 e. The highest BCUT2D eigenvalue weighted by molar-refractivity contribution is 9.12. The smallest absolute Gasteiger partial charge is 0.0529 e. The standard InChI is InChI=1S/C48H54Br2/c1-3-5-7-9-11-17-31-47(32-18-12-10-8-6-4-2)43-21-15-13-19-39(43)41-34-46-42(33-45(41)47)40-20-14-16-22-44(40)48(46,35-23-27-37(49)28-24-35)36-25-29-38(50)30-26-36/h13-16,19-25,27-30,33-34,36H,3-12,17-18,26,31-32H2,1-2H3. The van der Waals surface area contributed by atoms with E-state index in [1.165, 1.54) is 133 Å². The van der Waals surface area contributed by atoms with E-state index >= 15 is 0 Å². The summed E-state index contributed by atoms with van der Waals surface area (Å²) in [6, 6.07) is 33.5. The van der Waals surface area contributed by atoms with Crippen molar-refractivity contribution in [2.45, 2.75) is 121 Å². The van der Waals surface area contributed by atoms with Crippen LogP contribution in [0.25, 0.3) is 22.3 Å². The minimum Gasteiger partial charge on any atom is -0.0784 e. The van der Waals surface area contributed by atoms with Gasteiger partial charge in [0.15, 0.2) is 0 Å². The fourth-order valence-electron chi connectivity index (χ4n) is 9.89. The van der Waals surface area contributed by atoms with Crippen molar-refractivity contribution in [1.29, 1.82) is 0 Å². The number of fused-ring (bicyclic) bond motifs is 6. The van der Waals surface area contributed by atoms with E-state index in [0.717, 1.165) is 10.9 Å². The lowest BCUT2D eigenvalue weighted by molar-refractivity contribution is 0.397. The summed E-state index contributed by atoms with van der Waals surface area (Å²) in [4.78, 5) is 0. The zero-order valence-corrected chi connectivity index (χ0v) is 33.4. The van der Waals surface area contributed by atoms with E-state index in [9.17, 15) is 0 Å². The van der Waals surface area contributed by atoms with E-state index in [4.69, 9.17) is 0 Å². The third-order valence-corrected chi connectivity index (χ3v) is 13.4. The molecule has 0 bridgehead atoms. The van der Waals surface area contributed by atoms with Crippen LogP contribution in [0, 0.1) is 5.92 Å². The lowest BCUT2D eigenvalue weighted by Crippen LogP contribution is -2.35. The summed E-state index contributed by atoms with van der Waals surface area (Å²) in [5, 5.41) is 0. The second-order valence-corrected chi connectivity index (χ2v) is 17.1. The zero-order valence-electron chi connectivity index (χ0n) is 30.3. The van der Waals surface area contributed by atoms with Gasteiger partial charge in [0.25, 0.3) is 0 Å². The number of allylic oxidation sites excluding steroid dienone is 4. The minimum absolute atomic E-state index is 0.0760. The topological polar surface area (TPSA) is 0 Å². The lowest BCUT2D eigenvalue weighted by atomic mass is 9.62. The molecule has 4 aromatic rings. The minimum atomic E-state index is -0.277. The molecule has 0 aromatic heterocycles. The molecule has 0 saturated heterocycles. The van der Waals surface area contributed by atoms with Crippen molar-refractivity contribution in [1.82, 2.24) is 0 Å². The summed E-state index contributed by atoms with van der Waals surface area (Å²) in [6.45, 7) is 4.65. The monoisotopic (exact) mass is 788 g/mol. The molecular formula is C48H54Br2. The highest BCUT2D eigenvalue weighted by Gasteiger charge is 2.51. The van der Waals surface area contributed by atoms with Gasteiger partial charge in [-0.3, -0.25) is 0 Å². The summed E-state index contributed by atoms with van der Waals surface area (Å²) < 4.78 is 2.31. The molecule has 3 aliphatic rings. The fourth-order valence-corrected chi connectivity index (χ4v) is 10.5. The van der Waals surface area contributed by atoms with Crippen molar-refractivity contribution in [2.24, 2.45) is 5.92 Å². The summed E-state index contributed by atoms with van der Waals surface area (Å²) in [5.41, 5.74) is 13.1. The number of halogens is 2. The molecule has 0 heterocycles. The molecule has 0 fully saturated rings. The molecule has 3 aliphatic carbocycles. The molecule has 50 heavy (non-hydrogen) atoms. The van der Waals surface area contributed by atoms with Crippen molar-refractivity contribution >= 4 is 31.9 Å². The number of benzene rings is 4. The van der Waals surface area contributed by atoms with Gasteiger partial charge >= 0.3 is 0 Å². The second-order valence-electron chi connectivity index (χ2n) is 15.3. The van der Waals surface area contributed by atoms with E-state index in [0.29, 0.717) is 5.92 Å². The zero-order chi connectivity index (χ0) is 34.6. The number of unbranched alkanes of at least 4 members (excludes halogenated alkanes) is 10. The quantitative estimate of drug-likeness (QED) is 0.0992. The molecule has 4 aromatic carbocycles. The van der Waals surface area contributed by atoms with Crippen LogP contribution in [0.15, 0.2) is 112 Å². The van der Waals surface area contributed by atoms with E-state index in [1.54, 1.807) is 11.1 Å². The highest BCUT2D eigenvalue weighted by Crippen LogP contribution is 2.62. The number of hydrogen-bond acceptors (Lipinski definition) is 0. The first-order valence-corrected chi connectivity index (χ1v) is 21.3. The maximum atomic E-state index is 3.79. The van der Waals surface area contributed by atoms with Gasteiger partial charge in [0.2, 0.25) is 0 Å². The molecular weight excluding hydrogens is 736 g/mol. The highest BCUT2D eigenvalue weighted by atomic mass is 79.9. The Hall–Kier alpha value is -2.68. The predicted molar refractivity (Wildman–Crippen MR) is 222 cm³/mol. The van der Waals surface area contributed by atoms with Crippen LogP contribution < -0.4 is 0 Å². The molecule has 260 valence electrons. The first-order chi connectivity index (χ1) is 24.5. The van der Waals surface area contributed by atoms with Crippen molar-refractivity contribution in [3.8, 4) is 22.3 Å². The van der Waals surface area contributed by atoms with Gasteiger partial charge in [0.05, 0.1) is 5.41 Å². The molecule has 2 heteroatoms. The van der Waals surface area contributed by atoms with Crippen molar-refractivity contribution in [3.05, 3.63) is 140 Å². The largest absolute Gasteiger partial charge is 0.0784 e. The second kappa shape index (κ2) is 15.9. The van der Waals surface area contributed by atoms with Crippen LogP contribution in [0.5, 0.6) is 0 Å². The van der Waals surface area contributed by atoms with E-state index < -0.39 is 0 Å². The molecule has 2 unspecified atom stereocenters. The molecule has 7 rings (SSSR count). The molecule has 0 N–H and O–H groups in total. The molecule has 0 saturated carbocycles. The van der Waals surface area contributed by atoms with E-state index in [-0.39, 0.29) is 10.8 Å². The van der Waals surface area contributed by atoms with Gasteiger partial charge in [-0.15, -0.1) is 0 Å². The Morgan fingerprint density at radius 3 is 1.72 bits per heavy atom.